The normalized spacial score (nSPS) is 30.5. The highest BCUT2D eigenvalue weighted by molar-refractivity contribution is 5.39. The van der Waals surface area contributed by atoms with E-state index >= 15 is 0 Å². The van der Waals surface area contributed by atoms with Crippen molar-refractivity contribution in [2.75, 3.05) is 11.9 Å². The van der Waals surface area contributed by atoms with Crippen LogP contribution in [0.1, 0.15) is 50.5 Å². The van der Waals surface area contributed by atoms with Crippen LogP contribution in [0.3, 0.4) is 0 Å². The molecule has 1 heterocycles. The maximum absolute atomic E-state index is 9.19. The Hall–Kier alpha value is -1.09. The van der Waals surface area contributed by atoms with Crippen LogP contribution in [-0.2, 0) is 0 Å². The molecular weight excluding hydrogens is 236 g/mol. The smallest absolute Gasteiger partial charge is 0.126 e. The summed E-state index contributed by atoms with van der Waals surface area (Å²) in [6.07, 6.45) is 8.61. The molecule has 2 fully saturated rings. The number of anilines is 1. The van der Waals surface area contributed by atoms with Gasteiger partial charge in [0.25, 0.3) is 0 Å². The number of aromatic nitrogens is 1. The first kappa shape index (κ1) is 12.9. The number of aliphatic hydroxyl groups is 1. The van der Waals surface area contributed by atoms with Crippen molar-refractivity contribution < 1.29 is 5.11 Å². The Bertz CT molecular complexity index is 401. The molecule has 0 aliphatic heterocycles. The van der Waals surface area contributed by atoms with Gasteiger partial charge in [-0.2, -0.15) is 0 Å². The molecule has 0 amide bonds. The molecule has 0 saturated heterocycles. The number of nitrogens with one attached hydrogen (secondary N) is 1. The molecule has 104 valence electrons. The van der Waals surface area contributed by atoms with E-state index in [1.165, 1.54) is 31.2 Å². The first-order valence-corrected chi connectivity index (χ1v) is 7.66. The predicted molar refractivity (Wildman–Crippen MR) is 77.2 cm³/mol. The van der Waals surface area contributed by atoms with Crippen molar-refractivity contribution in [2.45, 2.75) is 51.0 Å². The molecule has 0 spiro atoms. The van der Waals surface area contributed by atoms with Gasteiger partial charge < -0.3 is 10.4 Å². The van der Waals surface area contributed by atoms with Crippen LogP contribution in [0.15, 0.2) is 18.3 Å². The number of fused-ring (bicyclic) bond motifs is 1. The fourth-order valence-electron chi connectivity index (χ4n) is 3.66. The Morgan fingerprint density at radius 3 is 2.58 bits per heavy atom. The minimum Gasteiger partial charge on any atom is -0.394 e. The van der Waals surface area contributed by atoms with E-state index in [9.17, 15) is 5.11 Å². The van der Waals surface area contributed by atoms with Crippen LogP contribution < -0.4 is 5.32 Å². The number of aliphatic hydroxyl groups excluding tert-OH is 1. The molecule has 4 atom stereocenters. The average molecular weight is 260 g/mol. The van der Waals surface area contributed by atoms with Crippen LogP contribution >= 0.6 is 0 Å². The first-order valence-electron chi connectivity index (χ1n) is 7.66. The number of hydrogen-bond acceptors (Lipinski definition) is 3. The average Bonchev–Trinajstić information content (AvgIpc) is 3.20. The summed E-state index contributed by atoms with van der Waals surface area (Å²) in [7, 11) is 0. The fraction of sp³-hybridized carbons (Fsp3) is 0.688. The van der Waals surface area contributed by atoms with E-state index in [4.69, 9.17) is 0 Å². The van der Waals surface area contributed by atoms with E-state index in [1.807, 2.05) is 6.20 Å². The van der Waals surface area contributed by atoms with Gasteiger partial charge in [-0.1, -0.05) is 25.8 Å². The maximum atomic E-state index is 9.19. The minimum absolute atomic E-state index is 0.113. The Kier molecular flexibility index (Phi) is 3.74. The summed E-state index contributed by atoms with van der Waals surface area (Å²) in [5.74, 6) is 3.54. The van der Waals surface area contributed by atoms with E-state index in [2.05, 4.69) is 29.4 Å². The molecule has 0 bridgehead atoms. The van der Waals surface area contributed by atoms with Gasteiger partial charge >= 0.3 is 0 Å². The number of pyridine rings is 1. The van der Waals surface area contributed by atoms with Crippen molar-refractivity contribution in [3.05, 3.63) is 23.9 Å². The predicted octanol–water partition coefficient (Wildman–Crippen LogP) is 3.17. The highest BCUT2D eigenvalue weighted by Crippen LogP contribution is 2.61. The van der Waals surface area contributed by atoms with Crippen LogP contribution in [0.2, 0.25) is 0 Å². The summed E-state index contributed by atoms with van der Waals surface area (Å²) in [5, 5.41) is 12.5. The molecule has 2 aliphatic rings. The Balaban J connectivity index is 1.63. The van der Waals surface area contributed by atoms with Crippen molar-refractivity contribution in [2.24, 2.45) is 11.8 Å². The van der Waals surface area contributed by atoms with Crippen molar-refractivity contribution in [3.8, 4) is 0 Å². The van der Waals surface area contributed by atoms with Gasteiger partial charge in [-0.05, 0) is 48.6 Å². The third-order valence-electron chi connectivity index (χ3n) is 4.89. The lowest BCUT2D eigenvalue weighted by Gasteiger charge is -2.14. The largest absolute Gasteiger partial charge is 0.394 e. The molecule has 2 N–H and O–H groups in total. The van der Waals surface area contributed by atoms with Gasteiger partial charge in [-0.3, -0.25) is 0 Å². The minimum atomic E-state index is 0.113. The third kappa shape index (κ3) is 2.62. The molecular formula is C16H24N2O. The second kappa shape index (κ2) is 5.49. The topological polar surface area (TPSA) is 45.1 Å². The van der Waals surface area contributed by atoms with Crippen molar-refractivity contribution >= 4 is 5.82 Å². The SMILES string of the molecule is CC[C@H](CO)Nc1ccc(C2[C@H]3CCCC[C@@H]23)cn1. The van der Waals surface area contributed by atoms with Gasteiger partial charge in [-0.25, -0.2) is 4.98 Å². The van der Waals surface area contributed by atoms with Crippen LogP contribution in [0.5, 0.6) is 0 Å². The zero-order valence-corrected chi connectivity index (χ0v) is 11.7. The van der Waals surface area contributed by atoms with Crippen LogP contribution in [0.4, 0.5) is 5.82 Å². The third-order valence-corrected chi connectivity index (χ3v) is 4.89. The molecule has 0 radical (unpaired) electrons. The van der Waals surface area contributed by atoms with Crippen LogP contribution in [-0.4, -0.2) is 22.7 Å². The molecule has 1 aromatic heterocycles. The van der Waals surface area contributed by atoms with Crippen molar-refractivity contribution in [1.82, 2.24) is 4.98 Å². The van der Waals surface area contributed by atoms with E-state index in [0.717, 1.165) is 30.0 Å². The Morgan fingerprint density at radius 1 is 1.32 bits per heavy atom. The molecule has 3 rings (SSSR count). The molecule has 2 saturated carbocycles. The van der Waals surface area contributed by atoms with Crippen LogP contribution in [0.25, 0.3) is 0 Å². The zero-order valence-electron chi connectivity index (χ0n) is 11.7. The van der Waals surface area contributed by atoms with E-state index in [0.29, 0.717) is 0 Å². The lowest BCUT2D eigenvalue weighted by atomic mass is 10.0. The van der Waals surface area contributed by atoms with Gasteiger partial charge in [0.1, 0.15) is 5.82 Å². The Labute approximate surface area is 115 Å². The van der Waals surface area contributed by atoms with E-state index in [-0.39, 0.29) is 12.6 Å². The second-order valence-electron chi connectivity index (χ2n) is 6.05. The maximum Gasteiger partial charge on any atom is 0.126 e. The first-order chi connectivity index (χ1) is 9.33. The van der Waals surface area contributed by atoms with Gasteiger partial charge in [-0.15, -0.1) is 0 Å². The monoisotopic (exact) mass is 260 g/mol. The number of nitrogens with zero attached hydrogens (tertiary/aromatic N) is 1. The molecule has 0 aromatic carbocycles. The van der Waals surface area contributed by atoms with E-state index < -0.39 is 0 Å². The van der Waals surface area contributed by atoms with Crippen molar-refractivity contribution in [3.63, 3.8) is 0 Å². The summed E-state index contributed by atoms with van der Waals surface area (Å²) >= 11 is 0. The molecule has 19 heavy (non-hydrogen) atoms. The summed E-state index contributed by atoms with van der Waals surface area (Å²) < 4.78 is 0. The standard InChI is InChI=1S/C16H24N2O/c1-2-12(10-19)18-15-8-7-11(9-17-15)16-13-5-3-4-6-14(13)16/h7-9,12-14,16,19H,2-6,10H2,1H3,(H,17,18)/t12-,13-,14+,16?/m1/s1. The highest BCUT2D eigenvalue weighted by Gasteiger charge is 2.51. The summed E-state index contributed by atoms with van der Waals surface area (Å²) in [6, 6.07) is 4.40. The van der Waals surface area contributed by atoms with Gasteiger partial charge in [0.05, 0.1) is 12.6 Å². The van der Waals surface area contributed by atoms with E-state index in [1.54, 1.807) is 0 Å². The zero-order chi connectivity index (χ0) is 13.2. The molecule has 1 aromatic rings. The second-order valence-corrected chi connectivity index (χ2v) is 6.05. The van der Waals surface area contributed by atoms with Gasteiger partial charge in [0.2, 0.25) is 0 Å². The number of rotatable bonds is 5. The summed E-state index contributed by atoms with van der Waals surface area (Å²) in [5.41, 5.74) is 1.42. The van der Waals surface area contributed by atoms with Crippen molar-refractivity contribution in [1.29, 1.82) is 0 Å². The molecule has 2 aliphatic carbocycles. The highest BCUT2D eigenvalue weighted by atomic mass is 16.3. The lowest BCUT2D eigenvalue weighted by molar-refractivity contribution is 0.271. The lowest BCUT2D eigenvalue weighted by Crippen LogP contribution is -2.23. The fourth-order valence-corrected chi connectivity index (χ4v) is 3.66. The quantitative estimate of drug-likeness (QED) is 0.854. The van der Waals surface area contributed by atoms with Crippen LogP contribution in [0, 0.1) is 11.8 Å². The Morgan fingerprint density at radius 2 is 2.05 bits per heavy atom. The van der Waals surface area contributed by atoms with Gasteiger partial charge in [0, 0.05) is 6.20 Å². The number of hydrogen-bond donors (Lipinski definition) is 2. The molecule has 3 heteroatoms. The summed E-state index contributed by atoms with van der Waals surface area (Å²) in [6.45, 7) is 2.23. The molecule has 1 unspecified atom stereocenters. The van der Waals surface area contributed by atoms with Gasteiger partial charge in [0.15, 0.2) is 0 Å². The summed E-state index contributed by atoms with van der Waals surface area (Å²) in [4.78, 5) is 4.51. The molecule has 3 nitrogen and oxygen atoms in total.